The number of hydrogen-bond donors (Lipinski definition) is 2. The molecule has 0 atom stereocenters. The van der Waals surface area contributed by atoms with Gasteiger partial charge in [0, 0.05) is 31.7 Å². The van der Waals surface area contributed by atoms with E-state index in [1.54, 1.807) is 0 Å². The summed E-state index contributed by atoms with van der Waals surface area (Å²) in [6.07, 6.45) is 0.965. The molecule has 0 bridgehead atoms. The SMILES string of the molecule is CC(C)(C)NS(=O)(=O)N1CCN(CCCN)CC1. The van der Waals surface area contributed by atoms with Gasteiger partial charge in [0.1, 0.15) is 0 Å². The Kier molecular flexibility index (Phi) is 5.54. The van der Waals surface area contributed by atoms with Crippen molar-refractivity contribution in [2.24, 2.45) is 5.73 Å². The zero-order valence-electron chi connectivity index (χ0n) is 11.6. The predicted octanol–water partition coefficient (Wildman–Crippen LogP) is -0.414. The summed E-state index contributed by atoms with van der Waals surface area (Å²) in [6, 6.07) is 0. The van der Waals surface area contributed by atoms with Gasteiger partial charge >= 0.3 is 0 Å². The maximum atomic E-state index is 12.1. The summed E-state index contributed by atoms with van der Waals surface area (Å²) in [5.74, 6) is 0. The molecule has 0 spiro atoms. The molecule has 1 heterocycles. The van der Waals surface area contributed by atoms with Gasteiger partial charge in [-0.25, -0.2) is 0 Å². The van der Waals surface area contributed by atoms with Crippen LogP contribution in [0, 0.1) is 0 Å². The summed E-state index contributed by atoms with van der Waals surface area (Å²) in [4.78, 5) is 2.26. The van der Waals surface area contributed by atoms with Crippen molar-refractivity contribution in [1.29, 1.82) is 0 Å². The second-order valence-corrected chi connectivity index (χ2v) is 7.41. The van der Waals surface area contributed by atoms with Crippen LogP contribution in [-0.4, -0.2) is 62.4 Å². The average Bonchev–Trinajstić information content (AvgIpc) is 2.23. The van der Waals surface area contributed by atoms with Crippen molar-refractivity contribution in [3.63, 3.8) is 0 Å². The quantitative estimate of drug-likeness (QED) is 0.716. The van der Waals surface area contributed by atoms with E-state index in [1.807, 2.05) is 20.8 Å². The Labute approximate surface area is 111 Å². The summed E-state index contributed by atoms with van der Waals surface area (Å²) in [7, 11) is -3.35. The molecule has 0 aromatic rings. The largest absolute Gasteiger partial charge is 0.330 e. The summed E-state index contributed by atoms with van der Waals surface area (Å²) in [5.41, 5.74) is 5.03. The van der Waals surface area contributed by atoms with Crippen molar-refractivity contribution in [3.8, 4) is 0 Å². The van der Waals surface area contributed by atoms with Gasteiger partial charge in [0.25, 0.3) is 10.2 Å². The van der Waals surface area contributed by atoms with Crippen molar-refractivity contribution in [2.75, 3.05) is 39.3 Å². The molecular formula is C11H26N4O2S. The van der Waals surface area contributed by atoms with Crippen LogP contribution in [0.2, 0.25) is 0 Å². The summed E-state index contributed by atoms with van der Waals surface area (Å²) >= 11 is 0. The Bertz CT molecular complexity index is 343. The number of rotatable bonds is 5. The molecule has 0 aromatic heterocycles. The summed E-state index contributed by atoms with van der Waals surface area (Å²) in [6.45, 7) is 9.86. The predicted molar refractivity (Wildman–Crippen MR) is 73.5 cm³/mol. The lowest BCUT2D eigenvalue weighted by Crippen LogP contribution is -2.55. The molecule has 0 aliphatic carbocycles. The van der Waals surface area contributed by atoms with Crippen molar-refractivity contribution < 1.29 is 8.42 Å². The Morgan fingerprint density at radius 1 is 1.17 bits per heavy atom. The number of hydrogen-bond acceptors (Lipinski definition) is 4. The fourth-order valence-corrected chi connectivity index (χ4v) is 3.51. The summed E-state index contributed by atoms with van der Waals surface area (Å²) < 4.78 is 28.4. The van der Waals surface area contributed by atoms with Gasteiger partial charge < -0.3 is 10.6 Å². The maximum absolute atomic E-state index is 12.1. The number of nitrogens with one attached hydrogen (secondary N) is 1. The Morgan fingerprint density at radius 2 is 1.72 bits per heavy atom. The van der Waals surface area contributed by atoms with E-state index in [-0.39, 0.29) is 0 Å². The molecule has 0 amide bonds. The molecule has 1 fully saturated rings. The zero-order valence-corrected chi connectivity index (χ0v) is 12.5. The van der Waals surface area contributed by atoms with Crippen LogP contribution in [-0.2, 0) is 10.2 Å². The smallest absolute Gasteiger partial charge is 0.280 e. The van der Waals surface area contributed by atoms with Crippen LogP contribution >= 0.6 is 0 Å². The van der Waals surface area contributed by atoms with E-state index in [2.05, 4.69) is 9.62 Å². The first-order chi connectivity index (χ1) is 8.24. The van der Waals surface area contributed by atoms with E-state index in [0.29, 0.717) is 19.6 Å². The second-order valence-electron chi connectivity index (χ2n) is 5.74. The van der Waals surface area contributed by atoms with Gasteiger partial charge in [0.2, 0.25) is 0 Å². The molecule has 0 unspecified atom stereocenters. The van der Waals surface area contributed by atoms with Gasteiger partial charge in [-0.15, -0.1) is 0 Å². The molecule has 0 saturated carbocycles. The van der Waals surface area contributed by atoms with Gasteiger partial charge in [-0.2, -0.15) is 17.4 Å². The Balaban J connectivity index is 2.47. The highest BCUT2D eigenvalue weighted by molar-refractivity contribution is 7.87. The van der Waals surface area contributed by atoms with Crippen molar-refractivity contribution in [3.05, 3.63) is 0 Å². The molecule has 0 radical (unpaired) electrons. The highest BCUT2D eigenvalue weighted by atomic mass is 32.2. The fraction of sp³-hybridized carbons (Fsp3) is 1.00. The van der Waals surface area contributed by atoms with Crippen molar-refractivity contribution >= 4 is 10.2 Å². The van der Waals surface area contributed by atoms with E-state index in [4.69, 9.17) is 5.73 Å². The molecule has 1 rings (SSSR count). The van der Waals surface area contributed by atoms with Crippen LogP contribution in [0.4, 0.5) is 0 Å². The third-order valence-corrected chi connectivity index (χ3v) is 4.70. The topological polar surface area (TPSA) is 78.7 Å². The molecule has 7 heteroatoms. The van der Waals surface area contributed by atoms with E-state index < -0.39 is 15.7 Å². The minimum absolute atomic E-state index is 0.435. The molecule has 6 nitrogen and oxygen atoms in total. The van der Waals surface area contributed by atoms with Gasteiger partial charge in [-0.3, -0.25) is 0 Å². The van der Waals surface area contributed by atoms with Crippen LogP contribution in [0.5, 0.6) is 0 Å². The highest BCUT2D eigenvalue weighted by Gasteiger charge is 2.29. The van der Waals surface area contributed by atoms with E-state index >= 15 is 0 Å². The lowest BCUT2D eigenvalue weighted by atomic mass is 10.1. The van der Waals surface area contributed by atoms with E-state index in [9.17, 15) is 8.42 Å². The Morgan fingerprint density at radius 3 is 2.17 bits per heavy atom. The van der Waals surface area contributed by atoms with Crippen LogP contribution in [0.3, 0.4) is 0 Å². The zero-order chi connectivity index (χ0) is 13.8. The van der Waals surface area contributed by atoms with Gasteiger partial charge in [0.05, 0.1) is 0 Å². The first-order valence-corrected chi connectivity index (χ1v) is 7.90. The van der Waals surface area contributed by atoms with Crippen LogP contribution < -0.4 is 10.5 Å². The number of nitrogens with zero attached hydrogens (tertiary/aromatic N) is 2. The monoisotopic (exact) mass is 278 g/mol. The highest BCUT2D eigenvalue weighted by Crippen LogP contribution is 2.10. The minimum atomic E-state index is -3.35. The molecule has 108 valence electrons. The van der Waals surface area contributed by atoms with E-state index in [1.165, 1.54) is 4.31 Å². The standard InChI is InChI=1S/C11H26N4O2S/c1-11(2,3)13-18(16,17)15-9-7-14(8-10-15)6-4-5-12/h13H,4-10,12H2,1-3H3. The molecule has 18 heavy (non-hydrogen) atoms. The van der Waals surface area contributed by atoms with Gasteiger partial charge in [0.15, 0.2) is 0 Å². The Hall–Kier alpha value is -0.210. The maximum Gasteiger partial charge on any atom is 0.280 e. The molecular weight excluding hydrogens is 252 g/mol. The van der Waals surface area contributed by atoms with Crippen LogP contribution in [0.25, 0.3) is 0 Å². The first-order valence-electron chi connectivity index (χ1n) is 6.46. The summed E-state index contributed by atoms with van der Waals surface area (Å²) in [5, 5.41) is 0. The lowest BCUT2D eigenvalue weighted by Gasteiger charge is -2.35. The molecule has 1 aliphatic heterocycles. The third kappa shape index (κ3) is 5.19. The van der Waals surface area contributed by atoms with Crippen molar-refractivity contribution in [1.82, 2.24) is 13.9 Å². The molecule has 1 aliphatic rings. The molecule has 1 saturated heterocycles. The molecule has 0 aromatic carbocycles. The van der Waals surface area contributed by atoms with Crippen molar-refractivity contribution in [2.45, 2.75) is 32.7 Å². The minimum Gasteiger partial charge on any atom is -0.330 e. The number of nitrogens with two attached hydrogens (primary N) is 1. The van der Waals surface area contributed by atoms with E-state index in [0.717, 1.165) is 26.1 Å². The normalized spacial score (nSPS) is 20.2. The van der Waals surface area contributed by atoms with Crippen LogP contribution in [0.1, 0.15) is 27.2 Å². The van der Waals surface area contributed by atoms with Crippen LogP contribution in [0.15, 0.2) is 0 Å². The fourth-order valence-electron chi connectivity index (χ4n) is 1.96. The van der Waals surface area contributed by atoms with Gasteiger partial charge in [-0.05, 0) is 40.3 Å². The first kappa shape index (κ1) is 15.8. The van der Waals surface area contributed by atoms with Gasteiger partial charge in [-0.1, -0.05) is 0 Å². The lowest BCUT2D eigenvalue weighted by molar-refractivity contribution is 0.185. The average molecular weight is 278 g/mol. The third-order valence-electron chi connectivity index (χ3n) is 2.78. The second kappa shape index (κ2) is 6.29. The number of piperazine rings is 1. The molecule has 3 N–H and O–H groups in total.